The van der Waals surface area contributed by atoms with E-state index in [1.54, 1.807) is 48.4 Å². The summed E-state index contributed by atoms with van der Waals surface area (Å²) in [4.78, 5) is 25.1. The van der Waals surface area contributed by atoms with Crippen LogP contribution in [0, 0.1) is 0 Å². The Kier molecular flexibility index (Phi) is 5.81. The van der Waals surface area contributed by atoms with E-state index in [4.69, 9.17) is 11.6 Å². The molecular formula is C22H19ClN6O2. The van der Waals surface area contributed by atoms with Gasteiger partial charge in [0.1, 0.15) is 5.82 Å². The van der Waals surface area contributed by atoms with Gasteiger partial charge in [-0.05, 0) is 17.7 Å². The van der Waals surface area contributed by atoms with Gasteiger partial charge < -0.3 is 10.6 Å². The minimum Gasteiger partial charge on any atom is -0.318 e. The summed E-state index contributed by atoms with van der Waals surface area (Å²) in [5, 5.41) is 14.3. The molecule has 0 spiro atoms. The second-order valence-corrected chi connectivity index (χ2v) is 7.25. The number of hydrogen-bond acceptors (Lipinski definition) is 4. The van der Waals surface area contributed by atoms with Crippen LogP contribution >= 0.6 is 11.6 Å². The maximum atomic E-state index is 12.6. The lowest BCUT2D eigenvalue weighted by Crippen LogP contribution is -2.14. The van der Waals surface area contributed by atoms with E-state index in [-0.39, 0.29) is 11.6 Å². The Morgan fingerprint density at radius 3 is 2.52 bits per heavy atom. The number of aromatic nitrogens is 4. The summed E-state index contributed by atoms with van der Waals surface area (Å²) in [6.45, 7) is 0.596. The number of carbonyl (C=O) groups excluding carboxylic acids is 2. The molecule has 9 heteroatoms. The highest BCUT2D eigenvalue weighted by atomic mass is 35.5. The fraction of sp³-hybridized carbons (Fsp3) is 0.0909. The van der Waals surface area contributed by atoms with Crippen molar-refractivity contribution in [1.82, 2.24) is 19.6 Å². The molecule has 2 amide bonds. The van der Waals surface area contributed by atoms with Crippen LogP contribution in [-0.4, -0.2) is 31.4 Å². The molecule has 156 valence electrons. The third-order valence-corrected chi connectivity index (χ3v) is 4.88. The molecule has 0 atom stereocenters. The zero-order valence-corrected chi connectivity index (χ0v) is 17.4. The number of carbonyl (C=O) groups is 2. The van der Waals surface area contributed by atoms with Gasteiger partial charge >= 0.3 is 0 Å². The molecule has 2 aromatic heterocycles. The van der Waals surface area contributed by atoms with Crippen LogP contribution in [0.3, 0.4) is 0 Å². The number of anilines is 2. The number of nitrogens with one attached hydrogen (secondary N) is 2. The van der Waals surface area contributed by atoms with E-state index in [1.165, 1.54) is 10.7 Å². The van der Waals surface area contributed by atoms with Crippen LogP contribution < -0.4 is 10.6 Å². The molecule has 0 aliphatic heterocycles. The van der Waals surface area contributed by atoms with Crippen LogP contribution in [-0.2, 0) is 13.6 Å². The van der Waals surface area contributed by atoms with E-state index in [1.807, 2.05) is 30.3 Å². The van der Waals surface area contributed by atoms with Gasteiger partial charge in [-0.1, -0.05) is 54.1 Å². The van der Waals surface area contributed by atoms with Crippen LogP contribution in [0.2, 0.25) is 5.02 Å². The molecule has 31 heavy (non-hydrogen) atoms. The Balaban J connectivity index is 1.42. The average molecular weight is 435 g/mol. The molecule has 2 aromatic carbocycles. The smallest absolute Gasteiger partial charge is 0.276 e. The predicted molar refractivity (Wildman–Crippen MR) is 118 cm³/mol. The Bertz CT molecular complexity index is 1230. The summed E-state index contributed by atoms with van der Waals surface area (Å²) in [7, 11) is 1.64. The highest BCUT2D eigenvalue weighted by molar-refractivity contribution is 6.34. The molecule has 8 nitrogen and oxygen atoms in total. The Hall–Kier alpha value is -3.91. The van der Waals surface area contributed by atoms with Crippen molar-refractivity contribution in [2.45, 2.75) is 6.54 Å². The number of benzene rings is 2. The van der Waals surface area contributed by atoms with Gasteiger partial charge in [0.15, 0.2) is 5.69 Å². The summed E-state index contributed by atoms with van der Waals surface area (Å²) in [6, 6.07) is 18.1. The summed E-state index contributed by atoms with van der Waals surface area (Å²) < 4.78 is 3.15. The van der Waals surface area contributed by atoms with Crippen molar-refractivity contribution in [2.75, 3.05) is 10.6 Å². The van der Waals surface area contributed by atoms with E-state index < -0.39 is 5.91 Å². The van der Waals surface area contributed by atoms with Gasteiger partial charge in [0.05, 0.1) is 29.0 Å². The van der Waals surface area contributed by atoms with Crippen molar-refractivity contribution < 1.29 is 9.59 Å². The molecular weight excluding hydrogens is 416 g/mol. The fourth-order valence-electron chi connectivity index (χ4n) is 3.00. The molecule has 4 aromatic rings. The van der Waals surface area contributed by atoms with Crippen LogP contribution in [0.4, 0.5) is 11.5 Å². The van der Waals surface area contributed by atoms with Gasteiger partial charge in [-0.15, -0.1) is 0 Å². The fourth-order valence-corrected chi connectivity index (χ4v) is 3.23. The van der Waals surface area contributed by atoms with Crippen LogP contribution in [0.25, 0.3) is 0 Å². The third kappa shape index (κ3) is 4.81. The quantitative estimate of drug-likeness (QED) is 0.482. The van der Waals surface area contributed by atoms with Crippen molar-refractivity contribution in [2.24, 2.45) is 7.05 Å². The van der Waals surface area contributed by atoms with Gasteiger partial charge in [0.25, 0.3) is 11.8 Å². The van der Waals surface area contributed by atoms with Gasteiger partial charge in [0.2, 0.25) is 0 Å². The lowest BCUT2D eigenvalue weighted by atomic mass is 10.2. The SMILES string of the molecule is Cn1nc(C(=O)Nc2cnn(Cc3ccccc3)c2)cc1NC(=O)c1ccccc1Cl. The second kappa shape index (κ2) is 8.85. The summed E-state index contributed by atoms with van der Waals surface area (Å²) in [5.41, 5.74) is 2.15. The maximum Gasteiger partial charge on any atom is 0.276 e. The van der Waals surface area contributed by atoms with Crippen molar-refractivity contribution in [3.63, 3.8) is 0 Å². The highest BCUT2D eigenvalue weighted by Gasteiger charge is 2.17. The number of nitrogens with zero attached hydrogens (tertiary/aromatic N) is 4. The first-order chi connectivity index (χ1) is 15.0. The van der Waals surface area contributed by atoms with Gasteiger partial charge in [-0.25, -0.2) is 0 Å². The zero-order valence-electron chi connectivity index (χ0n) is 16.6. The van der Waals surface area contributed by atoms with Crippen LogP contribution in [0.15, 0.2) is 73.1 Å². The largest absolute Gasteiger partial charge is 0.318 e. The first-order valence-corrected chi connectivity index (χ1v) is 9.85. The van der Waals surface area contributed by atoms with E-state index in [9.17, 15) is 9.59 Å². The third-order valence-electron chi connectivity index (χ3n) is 4.55. The Morgan fingerprint density at radius 1 is 1.00 bits per heavy atom. The van der Waals surface area contributed by atoms with Gasteiger partial charge in [-0.2, -0.15) is 10.2 Å². The number of hydrogen-bond donors (Lipinski definition) is 2. The predicted octanol–water partition coefficient (Wildman–Crippen LogP) is 3.82. The molecule has 4 rings (SSSR count). The number of aryl methyl sites for hydroxylation is 1. The van der Waals surface area contributed by atoms with Crippen molar-refractivity contribution in [3.8, 4) is 0 Å². The number of rotatable bonds is 6. The molecule has 0 aliphatic rings. The molecule has 0 aliphatic carbocycles. The first-order valence-electron chi connectivity index (χ1n) is 9.47. The normalized spacial score (nSPS) is 10.6. The second-order valence-electron chi connectivity index (χ2n) is 6.84. The van der Waals surface area contributed by atoms with Crippen molar-refractivity contribution in [1.29, 1.82) is 0 Å². The topological polar surface area (TPSA) is 93.8 Å². The number of amides is 2. The van der Waals surface area contributed by atoms with Crippen LogP contribution in [0.1, 0.15) is 26.4 Å². The molecule has 2 heterocycles. The Morgan fingerprint density at radius 2 is 1.74 bits per heavy atom. The molecule has 0 saturated heterocycles. The summed E-state index contributed by atoms with van der Waals surface area (Å²) in [5.74, 6) is -0.425. The number of halogens is 1. The highest BCUT2D eigenvalue weighted by Crippen LogP contribution is 2.18. The van der Waals surface area contributed by atoms with E-state index in [0.29, 0.717) is 28.6 Å². The van der Waals surface area contributed by atoms with Crippen molar-refractivity contribution >= 4 is 34.9 Å². The van der Waals surface area contributed by atoms with Crippen LogP contribution in [0.5, 0.6) is 0 Å². The summed E-state index contributed by atoms with van der Waals surface area (Å²) in [6.07, 6.45) is 3.32. The average Bonchev–Trinajstić information content (AvgIpc) is 3.35. The zero-order chi connectivity index (χ0) is 21.8. The molecule has 2 N–H and O–H groups in total. The molecule has 0 unspecified atom stereocenters. The molecule has 0 radical (unpaired) electrons. The maximum absolute atomic E-state index is 12.6. The molecule has 0 fully saturated rings. The standard InChI is InChI=1S/C22H19ClN6O2/c1-28-20(26-21(30)17-9-5-6-10-18(17)23)11-19(27-28)22(31)25-16-12-24-29(14-16)13-15-7-3-2-4-8-15/h2-12,14H,13H2,1H3,(H,25,31)(H,26,30). The van der Waals surface area contributed by atoms with Crippen molar-refractivity contribution in [3.05, 3.63) is 94.9 Å². The lowest BCUT2D eigenvalue weighted by Gasteiger charge is -2.06. The first kappa shape index (κ1) is 20.4. The summed E-state index contributed by atoms with van der Waals surface area (Å²) >= 11 is 6.07. The van der Waals surface area contributed by atoms with Gasteiger partial charge in [0, 0.05) is 19.3 Å². The van der Waals surface area contributed by atoms with E-state index >= 15 is 0 Å². The minimum absolute atomic E-state index is 0.160. The molecule has 0 bridgehead atoms. The van der Waals surface area contributed by atoms with Gasteiger partial charge in [-0.3, -0.25) is 19.0 Å². The Labute approximate surface area is 183 Å². The lowest BCUT2D eigenvalue weighted by molar-refractivity contribution is 0.101. The molecule has 0 saturated carbocycles. The monoisotopic (exact) mass is 434 g/mol. The van der Waals surface area contributed by atoms with E-state index in [2.05, 4.69) is 20.8 Å². The van der Waals surface area contributed by atoms with E-state index in [0.717, 1.165) is 5.56 Å². The minimum atomic E-state index is -0.409.